The van der Waals surface area contributed by atoms with E-state index in [1.165, 1.54) is 19.3 Å². The van der Waals surface area contributed by atoms with Crippen LogP contribution in [0.1, 0.15) is 67.0 Å². The summed E-state index contributed by atoms with van der Waals surface area (Å²) in [5.41, 5.74) is 2.76. The number of benzene rings is 1. The minimum atomic E-state index is -2.95. The Labute approximate surface area is 172 Å². The predicted molar refractivity (Wildman–Crippen MR) is 114 cm³/mol. The van der Waals surface area contributed by atoms with Gasteiger partial charge in [0.25, 0.3) is 5.91 Å². The average Bonchev–Trinajstić information content (AvgIpc) is 3.01. The van der Waals surface area contributed by atoms with Crippen molar-refractivity contribution in [2.24, 2.45) is 0 Å². The van der Waals surface area contributed by atoms with Crippen LogP contribution in [0.5, 0.6) is 5.75 Å². The van der Waals surface area contributed by atoms with Crippen LogP contribution in [0.25, 0.3) is 10.9 Å². The SMILES string of the molecule is COc1ccc2c(c1)c(C(=O)NC1CCS(=O)(=O)CC1)c(C)n2C1CCCCC1. The van der Waals surface area contributed by atoms with Crippen LogP contribution in [-0.4, -0.2) is 43.5 Å². The normalized spacial score (nSPS) is 20.6. The highest BCUT2D eigenvalue weighted by Gasteiger charge is 2.29. The third-order valence-electron chi connectivity index (χ3n) is 6.51. The number of carbonyl (C=O) groups excluding carboxylic acids is 1. The standard InChI is InChI=1S/C22H30N2O4S/c1-15-21(22(25)23-16-10-12-29(26,27)13-11-16)19-14-18(28-2)8-9-20(19)24(15)17-6-4-3-5-7-17/h8-9,14,16-17H,3-7,10-13H2,1-2H3,(H,23,25). The van der Waals surface area contributed by atoms with Gasteiger partial charge in [0, 0.05) is 28.7 Å². The molecule has 2 fully saturated rings. The maximum atomic E-state index is 13.3. The number of hydrogen-bond donors (Lipinski definition) is 1. The first-order valence-electron chi connectivity index (χ1n) is 10.6. The van der Waals surface area contributed by atoms with Crippen LogP contribution in [0.15, 0.2) is 18.2 Å². The van der Waals surface area contributed by atoms with Crippen molar-refractivity contribution in [1.29, 1.82) is 0 Å². The summed E-state index contributed by atoms with van der Waals surface area (Å²) in [5, 5.41) is 4.01. The molecule has 2 aromatic rings. The molecule has 1 saturated carbocycles. The van der Waals surface area contributed by atoms with Crippen LogP contribution >= 0.6 is 0 Å². The Hall–Kier alpha value is -2.02. The molecule has 0 atom stereocenters. The molecule has 7 heteroatoms. The molecule has 1 aliphatic carbocycles. The molecule has 1 amide bonds. The summed E-state index contributed by atoms with van der Waals surface area (Å²) < 4.78 is 31.2. The fraction of sp³-hybridized carbons (Fsp3) is 0.591. The molecular formula is C22H30N2O4S. The van der Waals surface area contributed by atoms with E-state index < -0.39 is 9.84 Å². The minimum Gasteiger partial charge on any atom is -0.497 e. The molecule has 1 aromatic heterocycles. The number of hydrogen-bond acceptors (Lipinski definition) is 4. The second kappa shape index (κ2) is 8.01. The van der Waals surface area contributed by atoms with E-state index in [9.17, 15) is 13.2 Å². The van der Waals surface area contributed by atoms with Crippen LogP contribution in [0, 0.1) is 6.92 Å². The minimum absolute atomic E-state index is 0.0934. The molecule has 1 saturated heterocycles. The van der Waals surface area contributed by atoms with Crippen molar-refractivity contribution >= 4 is 26.6 Å². The molecule has 0 radical (unpaired) electrons. The molecule has 1 aromatic carbocycles. The van der Waals surface area contributed by atoms with E-state index in [0.29, 0.717) is 24.4 Å². The van der Waals surface area contributed by atoms with Crippen molar-refractivity contribution < 1.29 is 17.9 Å². The molecule has 158 valence electrons. The topological polar surface area (TPSA) is 77.4 Å². The zero-order valence-corrected chi connectivity index (χ0v) is 18.1. The van der Waals surface area contributed by atoms with Crippen LogP contribution in [-0.2, 0) is 9.84 Å². The number of aromatic nitrogens is 1. The van der Waals surface area contributed by atoms with Crippen LogP contribution in [0.3, 0.4) is 0 Å². The highest BCUT2D eigenvalue weighted by Crippen LogP contribution is 2.37. The zero-order valence-electron chi connectivity index (χ0n) is 17.2. The quantitative estimate of drug-likeness (QED) is 0.820. The molecule has 4 rings (SSSR count). The third-order valence-corrected chi connectivity index (χ3v) is 8.23. The molecule has 0 unspecified atom stereocenters. The third kappa shape index (κ3) is 4.02. The smallest absolute Gasteiger partial charge is 0.253 e. The molecule has 0 spiro atoms. The summed E-state index contributed by atoms with van der Waals surface area (Å²) in [6, 6.07) is 6.28. The molecule has 2 aliphatic rings. The Morgan fingerprint density at radius 3 is 2.45 bits per heavy atom. The molecule has 29 heavy (non-hydrogen) atoms. The zero-order chi connectivity index (χ0) is 20.6. The van der Waals surface area contributed by atoms with Gasteiger partial charge in [0.15, 0.2) is 0 Å². The van der Waals surface area contributed by atoms with E-state index in [1.807, 2.05) is 19.1 Å². The van der Waals surface area contributed by atoms with Gasteiger partial charge in [-0.2, -0.15) is 0 Å². The molecule has 0 bridgehead atoms. The Morgan fingerprint density at radius 2 is 1.79 bits per heavy atom. The summed E-state index contributed by atoms with van der Waals surface area (Å²) in [6.45, 7) is 2.03. The number of sulfone groups is 1. The van der Waals surface area contributed by atoms with Crippen LogP contribution in [0.2, 0.25) is 0 Å². The number of carbonyl (C=O) groups is 1. The Kier molecular flexibility index (Phi) is 5.60. The molecule has 6 nitrogen and oxygen atoms in total. The molecule has 1 aliphatic heterocycles. The van der Waals surface area contributed by atoms with Crippen molar-refractivity contribution in [3.05, 3.63) is 29.5 Å². The van der Waals surface area contributed by atoms with Gasteiger partial charge in [-0.15, -0.1) is 0 Å². The number of fused-ring (bicyclic) bond motifs is 1. The summed E-state index contributed by atoms with van der Waals surface area (Å²) in [6.07, 6.45) is 6.96. The van der Waals surface area contributed by atoms with Gasteiger partial charge in [0.05, 0.1) is 24.2 Å². The van der Waals surface area contributed by atoms with Gasteiger partial charge in [0.1, 0.15) is 15.6 Å². The second-order valence-electron chi connectivity index (χ2n) is 8.40. The molecule has 2 heterocycles. The highest BCUT2D eigenvalue weighted by atomic mass is 32.2. The number of nitrogens with zero attached hydrogens (tertiary/aromatic N) is 1. The number of rotatable bonds is 4. The van der Waals surface area contributed by atoms with Crippen molar-refractivity contribution in [3.63, 3.8) is 0 Å². The largest absolute Gasteiger partial charge is 0.497 e. The average molecular weight is 419 g/mol. The lowest BCUT2D eigenvalue weighted by Gasteiger charge is -2.26. The first-order valence-corrected chi connectivity index (χ1v) is 12.4. The van der Waals surface area contributed by atoms with E-state index in [4.69, 9.17) is 4.74 Å². The van der Waals surface area contributed by atoms with E-state index in [0.717, 1.165) is 35.2 Å². The monoisotopic (exact) mass is 418 g/mol. The first kappa shape index (κ1) is 20.3. The molecule has 1 N–H and O–H groups in total. The van der Waals surface area contributed by atoms with Gasteiger partial charge in [-0.3, -0.25) is 4.79 Å². The lowest BCUT2D eigenvalue weighted by molar-refractivity contribution is 0.0935. The van der Waals surface area contributed by atoms with Crippen molar-refractivity contribution in [2.45, 2.75) is 64.0 Å². The van der Waals surface area contributed by atoms with Crippen LogP contribution in [0.4, 0.5) is 0 Å². The predicted octanol–water partition coefficient (Wildman–Crippen LogP) is 3.77. The molecular weight excluding hydrogens is 388 g/mol. The summed E-state index contributed by atoms with van der Waals surface area (Å²) >= 11 is 0. The van der Waals surface area contributed by atoms with Crippen molar-refractivity contribution in [2.75, 3.05) is 18.6 Å². The maximum absolute atomic E-state index is 13.3. The fourth-order valence-corrected chi connectivity index (χ4v) is 6.43. The summed E-state index contributed by atoms with van der Waals surface area (Å²) in [5.74, 6) is 0.916. The maximum Gasteiger partial charge on any atom is 0.253 e. The lowest BCUT2D eigenvalue weighted by Crippen LogP contribution is -2.41. The Morgan fingerprint density at radius 1 is 1.10 bits per heavy atom. The Balaban J connectivity index is 1.70. The first-order chi connectivity index (χ1) is 13.9. The van der Waals surface area contributed by atoms with E-state index in [1.54, 1.807) is 7.11 Å². The van der Waals surface area contributed by atoms with E-state index in [2.05, 4.69) is 16.0 Å². The lowest BCUT2D eigenvalue weighted by atomic mass is 9.95. The van der Waals surface area contributed by atoms with E-state index in [-0.39, 0.29) is 23.5 Å². The number of nitrogens with one attached hydrogen (secondary N) is 1. The number of amides is 1. The summed E-state index contributed by atoms with van der Waals surface area (Å²) in [4.78, 5) is 13.3. The van der Waals surface area contributed by atoms with E-state index >= 15 is 0 Å². The van der Waals surface area contributed by atoms with Gasteiger partial charge in [-0.25, -0.2) is 8.42 Å². The van der Waals surface area contributed by atoms with Gasteiger partial charge in [0.2, 0.25) is 0 Å². The van der Waals surface area contributed by atoms with Crippen molar-refractivity contribution in [3.8, 4) is 5.75 Å². The second-order valence-corrected chi connectivity index (χ2v) is 10.7. The van der Waals surface area contributed by atoms with Gasteiger partial charge < -0.3 is 14.6 Å². The number of ether oxygens (including phenoxy) is 1. The van der Waals surface area contributed by atoms with Crippen molar-refractivity contribution in [1.82, 2.24) is 9.88 Å². The van der Waals surface area contributed by atoms with Gasteiger partial charge in [-0.05, 0) is 50.8 Å². The number of methoxy groups -OCH3 is 1. The Bertz CT molecular complexity index is 1010. The van der Waals surface area contributed by atoms with Crippen LogP contribution < -0.4 is 10.1 Å². The fourth-order valence-electron chi connectivity index (χ4n) is 4.94. The van der Waals surface area contributed by atoms with Gasteiger partial charge >= 0.3 is 0 Å². The summed E-state index contributed by atoms with van der Waals surface area (Å²) in [7, 11) is -1.32. The van der Waals surface area contributed by atoms with Gasteiger partial charge in [-0.1, -0.05) is 19.3 Å². The highest BCUT2D eigenvalue weighted by molar-refractivity contribution is 7.91.